The zero-order chi connectivity index (χ0) is 14.5. The summed E-state index contributed by atoms with van der Waals surface area (Å²) >= 11 is 7.10. The Kier molecular flexibility index (Phi) is 4.98. The molecule has 0 radical (unpaired) electrons. The van der Waals surface area contributed by atoms with Crippen molar-refractivity contribution in [1.29, 1.82) is 0 Å². The fourth-order valence-electron chi connectivity index (χ4n) is 1.78. The summed E-state index contributed by atoms with van der Waals surface area (Å²) in [6.07, 6.45) is 0.881. The maximum Gasteiger partial charge on any atom is 0.351 e. The summed E-state index contributed by atoms with van der Waals surface area (Å²) < 4.78 is 4.64. The van der Waals surface area contributed by atoms with Gasteiger partial charge in [-0.3, -0.25) is 0 Å². The number of hydrogen-bond donors (Lipinski definition) is 1. The molecule has 0 bridgehead atoms. The van der Waals surface area contributed by atoms with Crippen molar-refractivity contribution in [2.75, 3.05) is 19.0 Å². The average molecular weight is 311 g/mol. The molecular weight excluding hydrogens is 296 g/mol. The number of thiazole rings is 1. The fourth-order valence-corrected chi connectivity index (χ4v) is 2.91. The summed E-state index contributed by atoms with van der Waals surface area (Å²) in [7, 11) is 1.32. The molecule has 20 heavy (non-hydrogen) atoms. The maximum atomic E-state index is 11.4. The SMILES string of the molecule is COC(=O)c1sc(NCCc2cccc(C)c2)nc1Cl. The van der Waals surface area contributed by atoms with Crippen LogP contribution in [0.25, 0.3) is 0 Å². The fraction of sp³-hybridized carbons (Fsp3) is 0.286. The van der Waals surface area contributed by atoms with Gasteiger partial charge in [-0.2, -0.15) is 0 Å². The third-order valence-electron chi connectivity index (χ3n) is 2.73. The van der Waals surface area contributed by atoms with Gasteiger partial charge in [-0.1, -0.05) is 52.8 Å². The molecule has 1 aromatic heterocycles. The number of aryl methyl sites for hydroxylation is 1. The van der Waals surface area contributed by atoms with Crippen LogP contribution in [0, 0.1) is 6.92 Å². The van der Waals surface area contributed by atoms with Gasteiger partial charge in [-0.15, -0.1) is 0 Å². The van der Waals surface area contributed by atoms with E-state index in [0.29, 0.717) is 10.0 Å². The van der Waals surface area contributed by atoms with Gasteiger partial charge in [0.2, 0.25) is 0 Å². The summed E-state index contributed by atoms with van der Waals surface area (Å²) in [4.78, 5) is 15.8. The van der Waals surface area contributed by atoms with Crippen LogP contribution in [-0.2, 0) is 11.2 Å². The molecule has 2 rings (SSSR count). The van der Waals surface area contributed by atoms with Gasteiger partial charge in [-0.25, -0.2) is 9.78 Å². The van der Waals surface area contributed by atoms with Crippen molar-refractivity contribution in [3.05, 3.63) is 45.4 Å². The number of hydrogen-bond acceptors (Lipinski definition) is 5. The van der Waals surface area contributed by atoms with E-state index in [4.69, 9.17) is 11.6 Å². The Hall–Kier alpha value is -1.59. The molecule has 0 aliphatic carbocycles. The normalized spacial score (nSPS) is 10.3. The van der Waals surface area contributed by atoms with Gasteiger partial charge in [0.1, 0.15) is 0 Å². The van der Waals surface area contributed by atoms with E-state index in [1.165, 1.54) is 29.6 Å². The first-order chi connectivity index (χ1) is 9.60. The van der Waals surface area contributed by atoms with Crippen molar-refractivity contribution in [2.45, 2.75) is 13.3 Å². The Morgan fingerprint density at radius 3 is 3.00 bits per heavy atom. The van der Waals surface area contributed by atoms with Crippen LogP contribution in [0.15, 0.2) is 24.3 Å². The highest BCUT2D eigenvalue weighted by Crippen LogP contribution is 2.27. The Bertz CT molecular complexity index is 613. The van der Waals surface area contributed by atoms with Crippen molar-refractivity contribution in [3.63, 3.8) is 0 Å². The zero-order valence-corrected chi connectivity index (χ0v) is 12.8. The lowest BCUT2D eigenvalue weighted by atomic mass is 10.1. The van der Waals surface area contributed by atoms with E-state index >= 15 is 0 Å². The molecule has 4 nitrogen and oxygen atoms in total. The molecular formula is C14H15ClN2O2S. The molecule has 0 spiro atoms. The smallest absolute Gasteiger partial charge is 0.351 e. The quantitative estimate of drug-likeness (QED) is 0.858. The summed E-state index contributed by atoms with van der Waals surface area (Å²) in [5, 5.41) is 3.98. The van der Waals surface area contributed by atoms with Crippen molar-refractivity contribution < 1.29 is 9.53 Å². The molecule has 0 saturated carbocycles. The second-order valence-corrected chi connectivity index (χ2v) is 5.65. The average Bonchev–Trinajstić information content (AvgIpc) is 2.79. The number of esters is 1. The van der Waals surface area contributed by atoms with Crippen molar-refractivity contribution >= 4 is 34.0 Å². The first-order valence-electron chi connectivity index (χ1n) is 6.14. The Labute approximate surface area is 126 Å². The van der Waals surface area contributed by atoms with E-state index < -0.39 is 5.97 Å². The van der Waals surface area contributed by atoms with Gasteiger partial charge in [0.05, 0.1) is 7.11 Å². The van der Waals surface area contributed by atoms with Gasteiger partial charge >= 0.3 is 5.97 Å². The molecule has 0 atom stereocenters. The van der Waals surface area contributed by atoms with Crippen LogP contribution < -0.4 is 5.32 Å². The molecule has 1 N–H and O–H groups in total. The maximum absolute atomic E-state index is 11.4. The van der Waals surface area contributed by atoms with E-state index in [0.717, 1.165) is 13.0 Å². The van der Waals surface area contributed by atoms with Crippen LogP contribution in [0.3, 0.4) is 0 Å². The molecule has 6 heteroatoms. The number of benzene rings is 1. The molecule has 0 aliphatic rings. The number of nitrogens with zero attached hydrogens (tertiary/aromatic N) is 1. The van der Waals surface area contributed by atoms with E-state index in [1.54, 1.807) is 0 Å². The van der Waals surface area contributed by atoms with Crippen molar-refractivity contribution in [2.24, 2.45) is 0 Å². The molecule has 0 fully saturated rings. The molecule has 0 saturated heterocycles. The van der Waals surface area contributed by atoms with Crippen LogP contribution >= 0.6 is 22.9 Å². The largest absolute Gasteiger partial charge is 0.465 e. The van der Waals surface area contributed by atoms with Crippen molar-refractivity contribution in [1.82, 2.24) is 4.98 Å². The van der Waals surface area contributed by atoms with Crippen LogP contribution in [0.1, 0.15) is 20.8 Å². The minimum atomic E-state index is -0.459. The molecule has 0 aliphatic heterocycles. The van der Waals surface area contributed by atoms with Gasteiger partial charge in [-0.05, 0) is 18.9 Å². The van der Waals surface area contributed by atoms with Crippen LogP contribution in [-0.4, -0.2) is 24.6 Å². The summed E-state index contributed by atoms with van der Waals surface area (Å²) in [5.74, 6) is -0.459. The number of halogens is 1. The number of carbonyl (C=O) groups excluding carboxylic acids is 1. The topological polar surface area (TPSA) is 51.2 Å². The molecule has 2 aromatic rings. The number of ether oxygens (including phenoxy) is 1. The molecule has 106 valence electrons. The number of methoxy groups -OCH3 is 1. The third kappa shape index (κ3) is 3.71. The van der Waals surface area contributed by atoms with Crippen LogP contribution in [0.5, 0.6) is 0 Å². The van der Waals surface area contributed by atoms with Gasteiger partial charge < -0.3 is 10.1 Å². The number of rotatable bonds is 5. The van der Waals surface area contributed by atoms with Gasteiger partial charge in [0, 0.05) is 6.54 Å². The first kappa shape index (κ1) is 14.8. The minimum Gasteiger partial charge on any atom is -0.465 e. The number of nitrogens with one attached hydrogen (secondary N) is 1. The molecule has 1 heterocycles. The van der Waals surface area contributed by atoms with Crippen LogP contribution in [0.2, 0.25) is 5.15 Å². The summed E-state index contributed by atoms with van der Waals surface area (Å²) in [5.41, 5.74) is 2.50. The van der Waals surface area contributed by atoms with Crippen molar-refractivity contribution in [3.8, 4) is 0 Å². The van der Waals surface area contributed by atoms with Crippen LogP contribution in [0.4, 0.5) is 5.13 Å². The molecule has 0 unspecified atom stereocenters. The van der Waals surface area contributed by atoms with E-state index in [-0.39, 0.29) is 5.15 Å². The third-order valence-corrected chi connectivity index (χ3v) is 4.11. The monoisotopic (exact) mass is 310 g/mol. The standard InChI is InChI=1S/C14H15ClN2O2S/c1-9-4-3-5-10(8-9)6-7-16-14-17-12(15)11(20-14)13(18)19-2/h3-5,8H,6-7H2,1-2H3,(H,16,17). The summed E-state index contributed by atoms with van der Waals surface area (Å²) in [6.45, 7) is 2.80. The predicted molar refractivity (Wildman–Crippen MR) is 81.8 cm³/mol. The lowest BCUT2D eigenvalue weighted by Crippen LogP contribution is -2.04. The highest BCUT2D eigenvalue weighted by Gasteiger charge is 2.16. The summed E-state index contributed by atoms with van der Waals surface area (Å²) in [6, 6.07) is 8.35. The molecule has 0 amide bonds. The Morgan fingerprint density at radius 2 is 2.30 bits per heavy atom. The highest BCUT2D eigenvalue weighted by molar-refractivity contribution is 7.18. The van der Waals surface area contributed by atoms with E-state index in [9.17, 15) is 4.79 Å². The zero-order valence-electron chi connectivity index (χ0n) is 11.3. The first-order valence-corrected chi connectivity index (χ1v) is 7.33. The second-order valence-electron chi connectivity index (χ2n) is 4.30. The Morgan fingerprint density at radius 1 is 1.50 bits per heavy atom. The number of aromatic nitrogens is 1. The Balaban J connectivity index is 1.93. The second kappa shape index (κ2) is 6.72. The molecule has 1 aromatic carbocycles. The highest BCUT2D eigenvalue weighted by atomic mass is 35.5. The van der Waals surface area contributed by atoms with Gasteiger partial charge in [0.25, 0.3) is 0 Å². The lowest BCUT2D eigenvalue weighted by molar-refractivity contribution is 0.0606. The lowest BCUT2D eigenvalue weighted by Gasteiger charge is -2.03. The predicted octanol–water partition coefficient (Wildman–Crippen LogP) is 3.55. The number of anilines is 1. The minimum absolute atomic E-state index is 0.180. The van der Waals surface area contributed by atoms with Gasteiger partial charge in [0.15, 0.2) is 15.2 Å². The number of carbonyl (C=O) groups is 1. The van der Waals surface area contributed by atoms with E-state index in [1.807, 2.05) is 6.07 Å². The van der Waals surface area contributed by atoms with E-state index in [2.05, 4.69) is 40.2 Å².